The Kier molecular flexibility index (Phi) is 6.16. The van der Waals surface area contributed by atoms with Crippen LogP contribution in [-0.2, 0) is 4.79 Å². The summed E-state index contributed by atoms with van der Waals surface area (Å²) < 4.78 is 0. The smallest absolute Gasteiger partial charge is 0.324 e. The lowest BCUT2D eigenvalue weighted by molar-refractivity contribution is 0.0807. The molecule has 0 saturated heterocycles. The number of imide groups is 1. The summed E-state index contributed by atoms with van der Waals surface area (Å²) >= 11 is 0. The minimum absolute atomic E-state index is 0.266. The van der Waals surface area contributed by atoms with E-state index in [2.05, 4.69) is 5.32 Å². The monoisotopic (exact) mass is 273 g/mol. The van der Waals surface area contributed by atoms with E-state index in [1.807, 2.05) is 0 Å². The van der Waals surface area contributed by atoms with E-state index >= 15 is 0 Å². The van der Waals surface area contributed by atoms with Crippen molar-refractivity contribution in [1.29, 1.82) is 0 Å². The molecule has 0 unspecified atom stereocenters. The van der Waals surface area contributed by atoms with Crippen LogP contribution < -0.4 is 5.32 Å². The summed E-state index contributed by atoms with van der Waals surface area (Å²) in [4.78, 5) is 35.6. The Hall–Kier alpha value is -2.43. The third-order valence-corrected chi connectivity index (χ3v) is 2.66. The molecule has 0 spiro atoms. The van der Waals surface area contributed by atoms with Gasteiger partial charge in [-0.1, -0.05) is 24.3 Å². The number of allylic oxidation sites excluding steroid dienone is 1. The summed E-state index contributed by atoms with van der Waals surface area (Å²) in [7, 11) is 0. The molecule has 0 fully saturated rings. The number of benzene rings is 1. The molecule has 1 aromatic carbocycles. The van der Waals surface area contributed by atoms with Crippen molar-refractivity contribution in [2.75, 3.05) is 13.1 Å². The molecule has 1 rings (SSSR count). The van der Waals surface area contributed by atoms with E-state index in [4.69, 9.17) is 0 Å². The highest BCUT2D eigenvalue weighted by molar-refractivity contribution is 6.06. The number of urea groups is 1. The van der Waals surface area contributed by atoms with Gasteiger partial charge >= 0.3 is 6.03 Å². The molecule has 5 nitrogen and oxygen atoms in total. The van der Waals surface area contributed by atoms with Crippen molar-refractivity contribution in [1.82, 2.24) is 10.2 Å². The van der Waals surface area contributed by atoms with Crippen LogP contribution in [0.5, 0.6) is 0 Å². The van der Waals surface area contributed by atoms with Gasteiger partial charge in [0.1, 0.15) is 0 Å². The van der Waals surface area contributed by atoms with E-state index in [1.165, 1.54) is 12.2 Å². The maximum absolute atomic E-state index is 12.4. The average Bonchev–Trinajstić information content (AvgIpc) is 2.46. The first-order valence-corrected chi connectivity index (χ1v) is 6.38. The van der Waals surface area contributed by atoms with Crippen LogP contribution in [0.1, 0.15) is 29.8 Å². The fourth-order valence-electron chi connectivity index (χ4n) is 1.73. The second kappa shape index (κ2) is 7.89. The summed E-state index contributed by atoms with van der Waals surface area (Å²) in [5.74, 6) is -0.399. The van der Waals surface area contributed by atoms with Gasteiger partial charge in [-0.2, -0.15) is 0 Å². The molecule has 1 radical (unpaired) electrons. The van der Waals surface area contributed by atoms with E-state index in [9.17, 15) is 14.4 Å². The number of hydrogen-bond donors (Lipinski definition) is 1. The molecule has 5 heteroatoms. The third kappa shape index (κ3) is 3.78. The number of carbonyl (C=O) groups is 2. The van der Waals surface area contributed by atoms with Crippen LogP contribution in [0.15, 0.2) is 30.3 Å². The number of nitrogens with zero attached hydrogens (tertiary/aromatic N) is 1. The fraction of sp³-hybridized carbons (Fsp3) is 0.267. The van der Waals surface area contributed by atoms with Crippen LogP contribution >= 0.6 is 0 Å². The van der Waals surface area contributed by atoms with Crippen molar-refractivity contribution in [2.24, 2.45) is 0 Å². The second-order valence-electron chi connectivity index (χ2n) is 3.92. The number of rotatable bonds is 5. The van der Waals surface area contributed by atoms with Crippen molar-refractivity contribution >= 4 is 24.3 Å². The van der Waals surface area contributed by atoms with E-state index in [0.717, 1.165) is 4.90 Å². The van der Waals surface area contributed by atoms with Gasteiger partial charge in [0.05, 0.1) is 0 Å². The lowest BCUT2D eigenvalue weighted by Crippen LogP contribution is -2.43. The molecule has 0 aliphatic heterocycles. The topological polar surface area (TPSA) is 66.5 Å². The van der Waals surface area contributed by atoms with E-state index in [1.54, 1.807) is 44.4 Å². The molecular formula is C15H17N2O3. The molecule has 0 aromatic heterocycles. The van der Waals surface area contributed by atoms with Crippen molar-refractivity contribution < 1.29 is 14.4 Å². The molecule has 0 atom stereocenters. The van der Waals surface area contributed by atoms with Gasteiger partial charge in [-0.25, -0.2) is 4.79 Å². The van der Waals surface area contributed by atoms with Crippen LogP contribution in [0, 0.1) is 0 Å². The molecule has 1 N–H and O–H groups in total. The highest BCUT2D eigenvalue weighted by Gasteiger charge is 2.21. The molecule has 0 aliphatic rings. The lowest BCUT2D eigenvalue weighted by Gasteiger charge is -2.20. The molecule has 1 aromatic rings. The van der Waals surface area contributed by atoms with E-state index in [0.29, 0.717) is 17.7 Å². The van der Waals surface area contributed by atoms with Gasteiger partial charge in [0.25, 0.3) is 5.91 Å². The Balaban J connectivity index is 3.09. The molecule has 0 aliphatic carbocycles. The Morgan fingerprint density at radius 1 is 1.30 bits per heavy atom. The standard InChI is InChI=1S/C15H17N2O3/c1-3-16-15(20)17(4-2)14(19)13-10-6-5-8-12(13)9-7-11-18/h5-10H,3-4H2,1-2H3,(H,16,20)/b9-7+. The normalized spacial score (nSPS) is 10.3. The van der Waals surface area contributed by atoms with E-state index < -0.39 is 11.9 Å². The predicted molar refractivity (Wildman–Crippen MR) is 77.0 cm³/mol. The van der Waals surface area contributed by atoms with Crippen LogP contribution in [-0.4, -0.2) is 36.2 Å². The molecule has 0 bridgehead atoms. The molecule has 20 heavy (non-hydrogen) atoms. The van der Waals surface area contributed by atoms with Crippen LogP contribution in [0.4, 0.5) is 4.79 Å². The third-order valence-electron chi connectivity index (χ3n) is 2.66. The van der Waals surface area contributed by atoms with Crippen LogP contribution in [0.25, 0.3) is 6.08 Å². The Bertz CT molecular complexity index is 524. The highest BCUT2D eigenvalue weighted by atomic mass is 16.2. The first-order valence-electron chi connectivity index (χ1n) is 6.38. The van der Waals surface area contributed by atoms with Crippen molar-refractivity contribution in [3.05, 3.63) is 41.5 Å². The quantitative estimate of drug-likeness (QED) is 0.834. The SMILES string of the molecule is CCNC(=O)N(CC)C(=O)c1ccccc1/C=C/[C]=O. The number of hydrogen-bond acceptors (Lipinski definition) is 3. The Labute approximate surface area is 118 Å². The Morgan fingerprint density at radius 3 is 2.60 bits per heavy atom. The molecular weight excluding hydrogens is 256 g/mol. The maximum atomic E-state index is 12.4. The first kappa shape index (κ1) is 15.6. The summed E-state index contributed by atoms with van der Waals surface area (Å²) in [6.07, 6.45) is 4.31. The van der Waals surface area contributed by atoms with Crippen LogP contribution in [0.3, 0.4) is 0 Å². The average molecular weight is 273 g/mol. The summed E-state index contributed by atoms with van der Waals surface area (Å²) in [5, 5.41) is 2.60. The highest BCUT2D eigenvalue weighted by Crippen LogP contribution is 2.13. The van der Waals surface area contributed by atoms with Gasteiger partial charge in [-0.15, -0.1) is 0 Å². The minimum atomic E-state index is -0.430. The zero-order valence-electron chi connectivity index (χ0n) is 11.6. The molecule has 0 saturated carbocycles. The van der Waals surface area contributed by atoms with Gasteiger partial charge in [-0.05, 0) is 31.6 Å². The van der Waals surface area contributed by atoms with Gasteiger partial charge < -0.3 is 5.32 Å². The Morgan fingerprint density at radius 2 is 2.00 bits per heavy atom. The summed E-state index contributed by atoms with van der Waals surface area (Å²) in [5.41, 5.74) is 0.940. The van der Waals surface area contributed by atoms with Gasteiger partial charge in [-0.3, -0.25) is 14.5 Å². The predicted octanol–water partition coefficient (Wildman–Crippen LogP) is 2.00. The molecule has 105 valence electrons. The number of amides is 3. The second-order valence-corrected chi connectivity index (χ2v) is 3.92. The molecule has 3 amide bonds. The van der Waals surface area contributed by atoms with Crippen molar-refractivity contribution in [3.8, 4) is 0 Å². The van der Waals surface area contributed by atoms with Gasteiger partial charge in [0.2, 0.25) is 6.29 Å². The lowest BCUT2D eigenvalue weighted by atomic mass is 10.1. The first-order chi connectivity index (χ1) is 9.65. The van der Waals surface area contributed by atoms with Gasteiger partial charge in [0, 0.05) is 18.7 Å². The van der Waals surface area contributed by atoms with E-state index in [-0.39, 0.29) is 6.54 Å². The zero-order valence-corrected chi connectivity index (χ0v) is 11.6. The molecule has 0 heterocycles. The summed E-state index contributed by atoms with van der Waals surface area (Å²) in [6, 6.07) is 6.35. The van der Waals surface area contributed by atoms with Gasteiger partial charge in [0.15, 0.2) is 0 Å². The zero-order chi connectivity index (χ0) is 15.0. The van der Waals surface area contributed by atoms with Crippen molar-refractivity contribution in [2.45, 2.75) is 13.8 Å². The maximum Gasteiger partial charge on any atom is 0.324 e. The largest absolute Gasteiger partial charge is 0.338 e. The fourth-order valence-corrected chi connectivity index (χ4v) is 1.73. The summed E-state index contributed by atoms with van der Waals surface area (Å²) in [6.45, 7) is 4.23. The number of carbonyl (C=O) groups excluding carboxylic acids is 3. The van der Waals surface area contributed by atoms with Crippen molar-refractivity contribution in [3.63, 3.8) is 0 Å². The number of nitrogens with one attached hydrogen (secondary N) is 1. The van der Waals surface area contributed by atoms with Crippen LogP contribution in [0.2, 0.25) is 0 Å². The minimum Gasteiger partial charge on any atom is -0.338 e.